The minimum atomic E-state index is -0.137. The number of carbonyl (C=O) groups is 2. The van der Waals surface area contributed by atoms with E-state index in [1.807, 2.05) is 30.3 Å². The van der Waals surface area contributed by atoms with Crippen LogP contribution in [0.1, 0.15) is 42.6 Å². The van der Waals surface area contributed by atoms with Gasteiger partial charge in [0, 0.05) is 42.0 Å². The predicted octanol–water partition coefficient (Wildman–Crippen LogP) is 2.67. The minimum Gasteiger partial charge on any atom is -0.353 e. The Morgan fingerprint density at radius 2 is 1.89 bits per heavy atom. The number of benzene rings is 1. The highest BCUT2D eigenvalue weighted by molar-refractivity contribution is 7.13. The lowest BCUT2D eigenvalue weighted by Gasteiger charge is -2.25. The first kappa shape index (κ1) is 19.1. The van der Waals surface area contributed by atoms with Gasteiger partial charge in [-0.2, -0.15) is 0 Å². The first-order valence-corrected chi connectivity index (χ1v) is 10.8. The van der Waals surface area contributed by atoms with Crippen LogP contribution in [0.25, 0.3) is 10.6 Å². The molecule has 2 amide bonds. The van der Waals surface area contributed by atoms with Gasteiger partial charge in [0.2, 0.25) is 5.91 Å². The first-order valence-electron chi connectivity index (χ1n) is 9.90. The summed E-state index contributed by atoms with van der Waals surface area (Å²) in [5, 5.41) is 8.74. The number of likely N-dealkylation sites (tertiary alicyclic amines) is 1. The summed E-state index contributed by atoms with van der Waals surface area (Å²) in [7, 11) is 2.05. The average molecular weight is 399 g/mol. The lowest BCUT2D eigenvalue weighted by Crippen LogP contribution is -2.42. The van der Waals surface area contributed by atoms with Gasteiger partial charge in [-0.3, -0.25) is 14.5 Å². The number of likely N-dealkylation sites (N-methyl/N-ethyl adjacent to an activating group) is 1. The molecule has 6 nitrogen and oxygen atoms in total. The molecule has 1 aromatic carbocycles. The van der Waals surface area contributed by atoms with Crippen LogP contribution in [0.15, 0.2) is 35.7 Å². The van der Waals surface area contributed by atoms with E-state index in [2.05, 4.69) is 27.6 Å². The van der Waals surface area contributed by atoms with Crippen molar-refractivity contribution in [3.8, 4) is 10.6 Å². The highest BCUT2D eigenvalue weighted by atomic mass is 32.1. The van der Waals surface area contributed by atoms with Crippen LogP contribution in [-0.4, -0.2) is 53.4 Å². The molecule has 2 N–H and O–H groups in total. The molecule has 28 heavy (non-hydrogen) atoms. The van der Waals surface area contributed by atoms with Crippen LogP contribution >= 0.6 is 11.3 Å². The van der Waals surface area contributed by atoms with E-state index >= 15 is 0 Å². The van der Waals surface area contributed by atoms with E-state index in [1.54, 1.807) is 5.38 Å². The maximum Gasteiger partial charge on any atom is 0.270 e. The maximum absolute atomic E-state index is 12.5. The SMILES string of the molecule is CN1[C@@H](CC(=O)NC2CC2)CC[C@H]1CNC(=O)c1csc(-c2ccccc2)n1. The van der Waals surface area contributed by atoms with Gasteiger partial charge in [0.15, 0.2) is 0 Å². The van der Waals surface area contributed by atoms with Crippen LogP contribution < -0.4 is 10.6 Å². The molecular formula is C21H26N4O2S. The summed E-state index contributed by atoms with van der Waals surface area (Å²) >= 11 is 1.48. The first-order chi connectivity index (χ1) is 13.6. The molecule has 1 aromatic heterocycles. The minimum absolute atomic E-state index is 0.137. The van der Waals surface area contributed by atoms with E-state index in [9.17, 15) is 9.59 Å². The van der Waals surface area contributed by atoms with Crippen molar-refractivity contribution in [3.05, 3.63) is 41.4 Å². The Morgan fingerprint density at radius 1 is 1.14 bits per heavy atom. The summed E-state index contributed by atoms with van der Waals surface area (Å²) < 4.78 is 0. The van der Waals surface area contributed by atoms with Crippen molar-refractivity contribution in [2.75, 3.05) is 13.6 Å². The smallest absolute Gasteiger partial charge is 0.270 e. The molecule has 2 heterocycles. The molecule has 2 atom stereocenters. The Hall–Kier alpha value is -2.25. The zero-order valence-corrected chi connectivity index (χ0v) is 16.9. The number of aromatic nitrogens is 1. The van der Waals surface area contributed by atoms with Crippen molar-refractivity contribution in [2.45, 2.75) is 50.2 Å². The summed E-state index contributed by atoms with van der Waals surface area (Å²) in [6.07, 6.45) is 4.76. The Labute approximate surface area is 169 Å². The van der Waals surface area contributed by atoms with Crippen molar-refractivity contribution in [3.63, 3.8) is 0 Å². The summed E-state index contributed by atoms with van der Waals surface area (Å²) in [6.45, 7) is 0.578. The molecule has 2 aliphatic rings. The fourth-order valence-corrected chi connectivity index (χ4v) is 4.51. The normalized spacial score (nSPS) is 22.2. The third kappa shape index (κ3) is 4.59. The molecule has 7 heteroatoms. The summed E-state index contributed by atoms with van der Waals surface area (Å²) in [5.41, 5.74) is 1.49. The van der Waals surface area contributed by atoms with Crippen LogP contribution in [0.3, 0.4) is 0 Å². The molecule has 1 saturated heterocycles. The quantitative estimate of drug-likeness (QED) is 0.752. The Morgan fingerprint density at radius 3 is 2.64 bits per heavy atom. The van der Waals surface area contributed by atoms with Gasteiger partial charge in [0.1, 0.15) is 10.7 Å². The number of hydrogen-bond acceptors (Lipinski definition) is 5. The highest BCUT2D eigenvalue weighted by Gasteiger charge is 2.33. The molecule has 0 radical (unpaired) electrons. The number of nitrogens with zero attached hydrogens (tertiary/aromatic N) is 2. The third-order valence-electron chi connectivity index (χ3n) is 5.60. The van der Waals surface area contributed by atoms with Gasteiger partial charge < -0.3 is 10.6 Å². The number of hydrogen-bond donors (Lipinski definition) is 2. The molecule has 1 aliphatic carbocycles. The van der Waals surface area contributed by atoms with E-state index in [0.29, 0.717) is 24.7 Å². The zero-order chi connectivity index (χ0) is 19.5. The monoisotopic (exact) mass is 398 g/mol. The highest BCUT2D eigenvalue weighted by Crippen LogP contribution is 2.26. The average Bonchev–Trinajstić information content (AvgIpc) is 3.25. The van der Waals surface area contributed by atoms with Gasteiger partial charge in [-0.05, 0) is 32.7 Å². The second kappa shape index (κ2) is 8.41. The van der Waals surface area contributed by atoms with Gasteiger partial charge >= 0.3 is 0 Å². The molecule has 1 aliphatic heterocycles. The van der Waals surface area contributed by atoms with Crippen molar-refractivity contribution >= 4 is 23.2 Å². The molecule has 0 unspecified atom stereocenters. The van der Waals surface area contributed by atoms with Crippen LogP contribution in [0.5, 0.6) is 0 Å². The Bertz CT molecular complexity index is 834. The summed E-state index contributed by atoms with van der Waals surface area (Å²) in [6, 6.07) is 10.8. The Kier molecular flexibility index (Phi) is 5.73. The second-order valence-electron chi connectivity index (χ2n) is 7.71. The van der Waals surface area contributed by atoms with E-state index < -0.39 is 0 Å². The van der Waals surface area contributed by atoms with Crippen LogP contribution in [-0.2, 0) is 4.79 Å². The third-order valence-corrected chi connectivity index (χ3v) is 6.50. The molecule has 1 saturated carbocycles. The van der Waals surface area contributed by atoms with Gasteiger partial charge in [0.05, 0.1) is 0 Å². The van der Waals surface area contributed by atoms with Gasteiger partial charge in [-0.1, -0.05) is 30.3 Å². The fourth-order valence-electron chi connectivity index (χ4n) is 3.70. The lowest BCUT2D eigenvalue weighted by atomic mass is 10.1. The molecular weight excluding hydrogens is 372 g/mol. The topological polar surface area (TPSA) is 74.3 Å². The standard InChI is InChI=1S/C21H26N4O2S/c1-25-16(11-19(26)23-15-7-8-15)9-10-17(25)12-22-20(27)18-13-28-21(24-18)14-5-3-2-4-6-14/h2-6,13,15-17H,7-12H2,1H3,(H,22,27)(H,23,26)/t16-,17+/m1/s1. The largest absolute Gasteiger partial charge is 0.353 e. The zero-order valence-electron chi connectivity index (χ0n) is 16.1. The van der Waals surface area contributed by atoms with E-state index in [-0.39, 0.29) is 23.9 Å². The van der Waals surface area contributed by atoms with Crippen molar-refractivity contribution in [2.24, 2.45) is 0 Å². The number of thiazole rings is 1. The van der Waals surface area contributed by atoms with Crippen molar-refractivity contribution in [1.82, 2.24) is 20.5 Å². The molecule has 148 valence electrons. The molecule has 2 aromatic rings. The summed E-state index contributed by atoms with van der Waals surface area (Å²) in [5.74, 6) is 0.0155. The second-order valence-corrected chi connectivity index (χ2v) is 8.57. The van der Waals surface area contributed by atoms with Crippen LogP contribution in [0, 0.1) is 0 Å². The molecule has 0 spiro atoms. The number of carbonyl (C=O) groups excluding carboxylic acids is 2. The number of rotatable bonds is 7. The van der Waals surface area contributed by atoms with E-state index in [4.69, 9.17) is 0 Å². The molecule has 4 rings (SSSR count). The number of nitrogens with one attached hydrogen (secondary N) is 2. The molecule has 0 bridgehead atoms. The molecule has 2 fully saturated rings. The summed E-state index contributed by atoms with van der Waals surface area (Å²) in [4.78, 5) is 31.3. The van der Waals surface area contributed by atoms with Gasteiger partial charge in [0.25, 0.3) is 5.91 Å². The van der Waals surface area contributed by atoms with Crippen molar-refractivity contribution in [1.29, 1.82) is 0 Å². The van der Waals surface area contributed by atoms with Crippen LogP contribution in [0.4, 0.5) is 0 Å². The van der Waals surface area contributed by atoms with E-state index in [1.165, 1.54) is 11.3 Å². The predicted molar refractivity (Wildman–Crippen MR) is 110 cm³/mol. The van der Waals surface area contributed by atoms with Crippen LogP contribution in [0.2, 0.25) is 0 Å². The van der Waals surface area contributed by atoms with Gasteiger partial charge in [-0.25, -0.2) is 4.98 Å². The van der Waals surface area contributed by atoms with Gasteiger partial charge in [-0.15, -0.1) is 11.3 Å². The Balaban J connectivity index is 1.26. The lowest BCUT2D eigenvalue weighted by molar-refractivity contribution is -0.122. The number of amides is 2. The fraction of sp³-hybridized carbons (Fsp3) is 0.476. The van der Waals surface area contributed by atoms with E-state index in [0.717, 1.165) is 36.3 Å². The maximum atomic E-state index is 12.5. The van der Waals surface area contributed by atoms with Crippen molar-refractivity contribution < 1.29 is 9.59 Å².